The zero-order valence-electron chi connectivity index (χ0n) is 15.1. The van der Waals surface area contributed by atoms with Gasteiger partial charge >= 0.3 is 5.97 Å². The van der Waals surface area contributed by atoms with Crippen LogP contribution >= 0.6 is 0 Å². The average molecular weight is 392 g/mol. The number of carbonyl (C=O) groups excluding carboxylic acids is 1. The van der Waals surface area contributed by atoms with Gasteiger partial charge in [0.25, 0.3) is 11.4 Å². The highest BCUT2D eigenvalue weighted by Gasteiger charge is 2.21. The Morgan fingerprint density at radius 3 is 2.10 bits per heavy atom. The monoisotopic (exact) mass is 392 g/mol. The van der Waals surface area contributed by atoms with Crippen LogP contribution < -0.4 is 0 Å². The van der Waals surface area contributed by atoms with Crippen molar-refractivity contribution in [1.82, 2.24) is 0 Å². The Kier molecular flexibility index (Phi) is 5.94. The first kappa shape index (κ1) is 19.7. The van der Waals surface area contributed by atoms with Crippen molar-refractivity contribution < 1.29 is 19.4 Å². The number of carbonyl (C=O) groups is 1. The van der Waals surface area contributed by atoms with E-state index in [0.29, 0.717) is 16.7 Å². The average Bonchev–Trinajstić information content (AvgIpc) is 2.74. The number of hydrogen-bond acceptors (Lipinski definition) is 6. The molecule has 0 radical (unpaired) electrons. The fourth-order valence-electron chi connectivity index (χ4n) is 2.81. The van der Waals surface area contributed by atoms with Crippen molar-refractivity contribution in [3.05, 3.63) is 116 Å². The highest BCUT2D eigenvalue weighted by molar-refractivity contribution is 5.89. The van der Waals surface area contributed by atoms with Crippen molar-refractivity contribution >= 4 is 17.3 Å². The minimum absolute atomic E-state index is 0.0538. The predicted molar refractivity (Wildman–Crippen MR) is 104 cm³/mol. The molecule has 0 N–H and O–H groups in total. The van der Waals surface area contributed by atoms with E-state index in [1.165, 1.54) is 30.3 Å². The van der Waals surface area contributed by atoms with Crippen molar-refractivity contribution in [1.29, 1.82) is 0 Å². The summed E-state index contributed by atoms with van der Waals surface area (Å²) >= 11 is 0. The summed E-state index contributed by atoms with van der Waals surface area (Å²) in [6, 6.07) is 20.1. The highest BCUT2D eigenvalue weighted by Crippen LogP contribution is 2.27. The van der Waals surface area contributed by atoms with Gasteiger partial charge in [-0.1, -0.05) is 42.5 Å². The molecule has 0 aliphatic carbocycles. The van der Waals surface area contributed by atoms with E-state index in [4.69, 9.17) is 4.74 Å². The Morgan fingerprint density at radius 2 is 1.48 bits per heavy atom. The van der Waals surface area contributed by atoms with Crippen LogP contribution in [0.25, 0.3) is 0 Å². The topological polar surface area (TPSA) is 113 Å². The van der Waals surface area contributed by atoms with Gasteiger partial charge in [-0.15, -0.1) is 0 Å². The molecule has 3 rings (SSSR count). The fraction of sp³-hybridized carbons (Fsp3) is 0.0952. The summed E-state index contributed by atoms with van der Waals surface area (Å²) in [4.78, 5) is 33.5. The Bertz CT molecular complexity index is 1030. The Morgan fingerprint density at radius 1 is 0.828 bits per heavy atom. The lowest BCUT2D eigenvalue weighted by molar-refractivity contribution is -0.385. The van der Waals surface area contributed by atoms with Crippen LogP contribution in [0.2, 0.25) is 0 Å². The van der Waals surface area contributed by atoms with Gasteiger partial charge in [0.2, 0.25) is 0 Å². The number of hydrogen-bond donors (Lipinski definition) is 0. The molecule has 0 spiro atoms. The minimum Gasteiger partial charge on any atom is -0.454 e. The zero-order chi connectivity index (χ0) is 20.8. The molecule has 0 amide bonds. The first-order chi connectivity index (χ1) is 13.9. The van der Waals surface area contributed by atoms with E-state index in [0.717, 1.165) is 0 Å². The van der Waals surface area contributed by atoms with Crippen LogP contribution in [0.3, 0.4) is 0 Å². The molecular weight excluding hydrogens is 376 g/mol. The molecule has 0 saturated carbocycles. The Labute approximate surface area is 165 Å². The van der Waals surface area contributed by atoms with Gasteiger partial charge in [0.15, 0.2) is 0 Å². The molecule has 0 aliphatic heterocycles. The van der Waals surface area contributed by atoms with E-state index in [1.807, 2.05) is 0 Å². The van der Waals surface area contributed by atoms with Gasteiger partial charge < -0.3 is 4.74 Å². The number of rotatable bonds is 7. The molecule has 3 aromatic carbocycles. The largest absolute Gasteiger partial charge is 0.454 e. The Hall–Kier alpha value is -4.07. The van der Waals surface area contributed by atoms with Gasteiger partial charge in [0.05, 0.1) is 15.4 Å². The number of esters is 1. The number of benzene rings is 3. The molecule has 3 aromatic rings. The van der Waals surface area contributed by atoms with E-state index in [-0.39, 0.29) is 17.8 Å². The maximum Gasteiger partial charge on any atom is 0.338 e. The molecule has 1 unspecified atom stereocenters. The van der Waals surface area contributed by atoms with Crippen molar-refractivity contribution in [3.8, 4) is 0 Å². The lowest BCUT2D eigenvalue weighted by atomic mass is 10.0. The highest BCUT2D eigenvalue weighted by atomic mass is 16.6. The molecule has 0 bridgehead atoms. The second-order valence-corrected chi connectivity index (χ2v) is 6.24. The molecule has 0 aromatic heterocycles. The molecule has 8 heteroatoms. The van der Waals surface area contributed by atoms with Crippen LogP contribution in [-0.2, 0) is 11.2 Å². The third kappa shape index (κ3) is 5.01. The number of nitro groups is 2. The maximum atomic E-state index is 12.5. The first-order valence-corrected chi connectivity index (χ1v) is 8.68. The van der Waals surface area contributed by atoms with Crippen molar-refractivity contribution in [3.63, 3.8) is 0 Å². The third-order valence-corrected chi connectivity index (χ3v) is 4.28. The standard InChI is InChI=1S/C21H16N2O6/c24-21(16-5-2-1-3-6-16)29-20(17-7-4-8-19(14-17)23(27)28)13-15-9-11-18(12-10-15)22(25)26/h1-12,14,20H,13H2. The summed E-state index contributed by atoms with van der Waals surface area (Å²) in [6.07, 6.45) is -0.596. The van der Waals surface area contributed by atoms with Gasteiger partial charge in [-0.2, -0.15) is 0 Å². The van der Waals surface area contributed by atoms with Crippen LogP contribution in [0, 0.1) is 20.2 Å². The number of nitrogens with zero attached hydrogens (tertiary/aromatic N) is 2. The lowest BCUT2D eigenvalue weighted by Gasteiger charge is -2.18. The van der Waals surface area contributed by atoms with Gasteiger partial charge in [0.1, 0.15) is 6.10 Å². The van der Waals surface area contributed by atoms with Crippen LogP contribution in [0.5, 0.6) is 0 Å². The summed E-state index contributed by atoms with van der Waals surface area (Å²) < 4.78 is 5.64. The van der Waals surface area contributed by atoms with Gasteiger partial charge in [0, 0.05) is 30.7 Å². The van der Waals surface area contributed by atoms with E-state index in [1.54, 1.807) is 48.5 Å². The van der Waals surface area contributed by atoms with E-state index in [9.17, 15) is 25.0 Å². The molecule has 29 heavy (non-hydrogen) atoms. The van der Waals surface area contributed by atoms with Crippen LogP contribution in [0.4, 0.5) is 11.4 Å². The lowest BCUT2D eigenvalue weighted by Crippen LogP contribution is -2.14. The normalized spacial score (nSPS) is 11.4. The summed E-state index contributed by atoms with van der Waals surface area (Å²) in [5.74, 6) is -0.566. The van der Waals surface area contributed by atoms with E-state index in [2.05, 4.69) is 0 Å². The van der Waals surface area contributed by atoms with Gasteiger partial charge in [-0.25, -0.2) is 4.79 Å². The van der Waals surface area contributed by atoms with Crippen LogP contribution in [-0.4, -0.2) is 15.8 Å². The van der Waals surface area contributed by atoms with Crippen molar-refractivity contribution in [2.24, 2.45) is 0 Å². The molecule has 0 saturated heterocycles. The summed E-state index contributed by atoms with van der Waals surface area (Å²) in [5.41, 5.74) is 1.33. The smallest absolute Gasteiger partial charge is 0.338 e. The fourth-order valence-corrected chi connectivity index (χ4v) is 2.81. The van der Waals surface area contributed by atoms with Crippen LogP contribution in [0.1, 0.15) is 27.6 Å². The number of nitro benzene ring substituents is 2. The molecule has 146 valence electrons. The second-order valence-electron chi connectivity index (χ2n) is 6.24. The van der Waals surface area contributed by atoms with Crippen LogP contribution in [0.15, 0.2) is 78.9 Å². The summed E-state index contributed by atoms with van der Waals surface area (Å²) in [7, 11) is 0. The number of non-ortho nitro benzene ring substituents is 2. The Balaban J connectivity index is 1.90. The summed E-state index contributed by atoms with van der Waals surface area (Å²) in [5, 5.41) is 21.9. The third-order valence-electron chi connectivity index (χ3n) is 4.28. The van der Waals surface area contributed by atoms with Crippen molar-refractivity contribution in [2.45, 2.75) is 12.5 Å². The SMILES string of the molecule is O=C(OC(Cc1ccc([N+](=O)[O-])cc1)c1cccc([N+](=O)[O-])c1)c1ccccc1. The summed E-state index contributed by atoms with van der Waals surface area (Å²) in [6.45, 7) is 0. The minimum atomic E-state index is -0.802. The molecule has 0 heterocycles. The second kappa shape index (κ2) is 8.75. The molecule has 0 fully saturated rings. The molecule has 0 aliphatic rings. The van der Waals surface area contributed by atoms with Gasteiger partial charge in [-0.05, 0) is 23.3 Å². The maximum absolute atomic E-state index is 12.5. The zero-order valence-corrected chi connectivity index (χ0v) is 15.1. The molecule has 8 nitrogen and oxygen atoms in total. The van der Waals surface area contributed by atoms with Crippen molar-refractivity contribution in [2.75, 3.05) is 0 Å². The first-order valence-electron chi connectivity index (χ1n) is 8.68. The van der Waals surface area contributed by atoms with E-state index >= 15 is 0 Å². The molecule has 1 atom stereocenters. The quantitative estimate of drug-likeness (QED) is 0.329. The molecular formula is C21H16N2O6. The van der Waals surface area contributed by atoms with E-state index < -0.39 is 21.9 Å². The predicted octanol–water partition coefficient (Wildman–Crippen LogP) is 4.64. The van der Waals surface area contributed by atoms with Gasteiger partial charge in [-0.3, -0.25) is 20.2 Å². The number of ether oxygens (including phenoxy) is 1.